The van der Waals surface area contributed by atoms with E-state index in [0.717, 1.165) is 0 Å². The summed E-state index contributed by atoms with van der Waals surface area (Å²) >= 11 is 0. The molecular formula is C6H16N4. The monoisotopic (exact) mass is 144 g/mol. The van der Waals surface area contributed by atoms with Gasteiger partial charge in [-0.15, -0.1) is 0 Å². The summed E-state index contributed by atoms with van der Waals surface area (Å²) < 4.78 is 0. The van der Waals surface area contributed by atoms with E-state index in [1.54, 1.807) is 0 Å². The molecule has 0 bridgehead atoms. The van der Waals surface area contributed by atoms with E-state index in [0.29, 0.717) is 13.1 Å². The van der Waals surface area contributed by atoms with Crippen LogP contribution >= 0.6 is 0 Å². The number of rotatable bonds is 4. The number of hydrogen-bond acceptors (Lipinski definition) is 4. The Labute approximate surface area is 61.7 Å². The lowest BCUT2D eigenvalue weighted by atomic mass is 10.4. The molecule has 10 heavy (non-hydrogen) atoms. The molecule has 0 saturated carbocycles. The Morgan fingerprint density at radius 1 is 1.00 bits per heavy atom. The molecular weight excluding hydrogens is 128 g/mol. The number of hydrogen-bond donors (Lipinski definition) is 2. The molecule has 0 saturated heterocycles. The van der Waals surface area contributed by atoms with Crippen molar-refractivity contribution in [1.82, 2.24) is 0 Å². The number of nitrogens with two attached hydrogens (primary N) is 2. The predicted octanol–water partition coefficient (Wildman–Crippen LogP) is 0.133. The Morgan fingerprint density at radius 2 is 1.30 bits per heavy atom. The first-order valence-electron chi connectivity index (χ1n) is 3.50. The Bertz CT molecular complexity index is 89.9. The van der Waals surface area contributed by atoms with Crippen molar-refractivity contribution in [3.8, 4) is 0 Å². The predicted molar refractivity (Wildman–Crippen MR) is 41.9 cm³/mol. The highest BCUT2D eigenvalue weighted by Gasteiger charge is 1.96. The van der Waals surface area contributed by atoms with Gasteiger partial charge in [0.2, 0.25) is 0 Å². The topological polar surface area (TPSA) is 76.8 Å². The molecule has 2 atom stereocenters. The van der Waals surface area contributed by atoms with Crippen LogP contribution in [0.2, 0.25) is 0 Å². The molecule has 0 radical (unpaired) electrons. The maximum Gasteiger partial charge on any atom is 0.0802 e. The van der Waals surface area contributed by atoms with Crippen molar-refractivity contribution in [3.63, 3.8) is 0 Å². The molecule has 0 rings (SSSR count). The first-order valence-corrected chi connectivity index (χ1v) is 3.50. The summed E-state index contributed by atoms with van der Waals surface area (Å²) in [5.74, 6) is 0. The number of nitrogens with zero attached hydrogens (tertiary/aromatic N) is 2. The zero-order chi connectivity index (χ0) is 7.98. The summed E-state index contributed by atoms with van der Waals surface area (Å²) in [5.41, 5.74) is 10.6. The average Bonchev–Trinajstić information content (AvgIpc) is 1.99. The van der Waals surface area contributed by atoms with E-state index in [1.165, 1.54) is 0 Å². The van der Waals surface area contributed by atoms with Crippen molar-refractivity contribution < 1.29 is 0 Å². The second-order valence-corrected chi connectivity index (χ2v) is 2.40. The molecule has 4 nitrogen and oxygen atoms in total. The fourth-order valence-corrected chi connectivity index (χ4v) is 0.322. The summed E-state index contributed by atoms with van der Waals surface area (Å²) in [5, 5.41) is 7.87. The molecule has 0 aliphatic heterocycles. The summed E-state index contributed by atoms with van der Waals surface area (Å²) in [4.78, 5) is 0. The third kappa shape index (κ3) is 4.40. The third-order valence-corrected chi connectivity index (χ3v) is 1.14. The molecule has 0 aliphatic carbocycles. The molecule has 0 aliphatic rings. The van der Waals surface area contributed by atoms with Crippen molar-refractivity contribution in [2.75, 3.05) is 13.1 Å². The van der Waals surface area contributed by atoms with E-state index in [1.807, 2.05) is 13.8 Å². The highest BCUT2D eigenvalue weighted by Crippen LogP contribution is 1.91. The first kappa shape index (κ1) is 9.52. The van der Waals surface area contributed by atoms with E-state index < -0.39 is 0 Å². The van der Waals surface area contributed by atoms with Crippen LogP contribution in [0.25, 0.3) is 0 Å². The van der Waals surface area contributed by atoms with E-state index in [4.69, 9.17) is 11.5 Å². The van der Waals surface area contributed by atoms with Crippen LogP contribution in [-0.2, 0) is 0 Å². The van der Waals surface area contributed by atoms with Crippen molar-refractivity contribution in [2.24, 2.45) is 21.7 Å². The number of azo groups is 1. The lowest BCUT2D eigenvalue weighted by Crippen LogP contribution is -2.16. The molecule has 0 spiro atoms. The molecule has 0 aromatic heterocycles. The van der Waals surface area contributed by atoms with Gasteiger partial charge in [-0.25, -0.2) is 0 Å². The van der Waals surface area contributed by atoms with Gasteiger partial charge < -0.3 is 11.5 Å². The Kier molecular flexibility index (Phi) is 5.06. The smallest absolute Gasteiger partial charge is 0.0802 e. The van der Waals surface area contributed by atoms with Crippen LogP contribution in [0.4, 0.5) is 0 Å². The van der Waals surface area contributed by atoms with Crippen molar-refractivity contribution in [2.45, 2.75) is 25.9 Å². The van der Waals surface area contributed by atoms with Gasteiger partial charge in [-0.3, -0.25) is 0 Å². The Morgan fingerprint density at radius 3 is 1.50 bits per heavy atom. The normalized spacial score (nSPS) is 17.6. The van der Waals surface area contributed by atoms with Crippen molar-refractivity contribution >= 4 is 0 Å². The second-order valence-electron chi connectivity index (χ2n) is 2.40. The van der Waals surface area contributed by atoms with Crippen LogP contribution < -0.4 is 11.5 Å². The summed E-state index contributed by atoms with van der Waals surface area (Å²) in [6.07, 6.45) is 0. The minimum atomic E-state index is 0.119. The third-order valence-electron chi connectivity index (χ3n) is 1.14. The maximum absolute atomic E-state index is 5.31. The van der Waals surface area contributed by atoms with E-state index in [-0.39, 0.29) is 12.1 Å². The van der Waals surface area contributed by atoms with Crippen LogP contribution in [0.5, 0.6) is 0 Å². The van der Waals surface area contributed by atoms with Crippen LogP contribution in [0, 0.1) is 0 Å². The summed E-state index contributed by atoms with van der Waals surface area (Å²) in [7, 11) is 0. The molecule has 0 heterocycles. The Hall–Kier alpha value is -0.480. The van der Waals surface area contributed by atoms with Crippen LogP contribution in [0.3, 0.4) is 0 Å². The minimum absolute atomic E-state index is 0.119. The fourth-order valence-electron chi connectivity index (χ4n) is 0.322. The molecule has 0 fully saturated rings. The summed E-state index contributed by atoms with van der Waals surface area (Å²) in [6, 6.07) is 0.239. The maximum atomic E-state index is 5.31. The van der Waals surface area contributed by atoms with E-state index >= 15 is 0 Å². The van der Waals surface area contributed by atoms with E-state index in [2.05, 4.69) is 10.2 Å². The summed E-state index contributed by atoms with van der Waals surface area (Å²) in [6.45, 7) is 4.93. The quantitative estimate of drug-likeness (QED) is 0.550. The van der Waals surface area contributed by atoms with Gasteiger partial charge in [0.05, 0.1) is 12.1 Å². The minimum Gasteiger partial charge on any atom is -0.328 e. The molecule has 0 amide bonds. The molecule has 0 aromatic rings. The average molecular weight is 144 g/mol. The highest BCUT2D eigenvalue weighted by molar-refractivity contribution is 4.60. The van der Waals surface area contributed by atoms with Gasteiger partial charge >= 0.3 is 0 Å². The lowest BCUT2D eigenvalue weighted by molar-refractivity contribution is 0.627. The lowest BCUT2D eigenvalue weighted by Gasteiger charge is -2.01. The molecule has 4 heteroatoms. The van der Waals surface area contributed by atoms with Gasteiger partial charge in [0.25, 0.3) is 0 Å². The fraction of sp³-hybridized carbons (Fsp3) is 1.00. The van der Waals surface area contributed by atoms with Gasteiger partial charge in [0, 0.05) is 13.1 Å². The zero-order valence-corrected chi connectivity index (χ0v) is 6.62. The van der Waals surface area contributed by atoms with Gasteiger partial charge in [-0.2, -0.15) is 10.2 Å². The Balaban J connectivity index is 3.52. The van der Waals surface area contributed by atoms with Gasteiger partial charge in [0.15, 0.2) is 0 Å². The standard InChI is InChI=1S/C6H16N4/c1-5(3-7)9-10-6(2)4-8/h5-6H,3-4,7-8H2,1-2H3/b10-9+. The van der Waals surface area contributed by atoms with Crippen molar-refractivity contribution in [1.29, 1.82) is 0 Å². The second kappa shape index (κ2) is 5.32. The van der Waals surface area contributed by atoms with Gasteiger partial charge in [-0.05, 0) is 13.8 Å². The van der Waals surface area contributed by atoms with Crippen LogP contribution in [0.15, 0.2) is 10.2 Å². The zero-order valence-electron chi connectivity index (χ0n) is 6.62. The van der Waals surface area contributed by atoms with Crippen LogP contribution in [0.1, 0.15) is 13.8 Å². The van der Waals surface area contributed by atoms with Gasteiger partial charge in [-0.1, -0.05) is 0 Å². The molecule has 4 N–H and O–H groups in total. The first-order chi connectivity index (χ1) is 4.70. The molecule has 0 aromatic carbocycles. The van der Waals surface area contributed by atoms with Crippen LogP contribution in [-0.4, -0.2) is 25.2 Å². The van der Waals surface area contributed by atoms with E-state index in [9.17, 15) is 0 Å². The molecule has 60 valence electrons. The van der Waals surface area contributed by atoms with Crippen molar-refractivity contribution in [3.05, 3.63) is 0 Å². The molecule has 2 unspecified atom stereocenters. The largest absolute Gasteiger partial charge is 0.328 e. The SMILES string of the molecule is CC(CN)/N=N/C(C)CN. The highest BCUT2D eigenvalue weighted by atomic mass is 15.1. The van der Waals surface area contributed by atoms with Gasteiger partial charge in [0.1, 0.15) is 0 Å².